The second kappa shape index (κ2) is 10.9. The number of likely N-dealkylation sites (tertiary alicyclic amines) is 1. The first kappa shape index (κ1) is 21.2. The maximum atomic E-state index is 5.83. The van der Waals surface area contributed by atoms with Gasteiger partial charge in [-0.15, -0.1) is 0 Å². The molecule has 0 bridgehead atoms. The number of piperidine rings is 1. The molecule has 0 radical (unpaired) electrons. The third kappa shape index (κ3) is 7.21. The zero-order valence-corrected chi connectivity index (χ0v) is 17.7. The lowest BCUT2D eigenvalue weighted by molar-refractivity contribution is -0.0242. The lowest BCUT2D eigenvalue weighted by Crippen LogP contribution is -2.47. The fourth-order valence-electron chi connectivity index (χ4n) is 5.04. The van der Waals surface area contributed by atoms with Crippen LogP contribution >= 0.6 is 0 Å². The molecule has 1 saturated heterocycles. The first-order valence-corrected chi connectivity index (χ1v) is 11.4. The molecule has 0 N–H and O–H groups in total. The molecule has 2 heteroatoms. The molecule has 2 nitrogen and oxygen atoms in total. The third-order valence-electron chi connectivity index (χ3n) is 6.96. The van der Waals surface area contributed by atoms with Crippen LogP contribution in [-0.2, 0) is 4.74 Å². The summed E-state index contributed by atoms with van der Waals surface area (Å²) in [6, 6.07) is 0. The molecular weight excluding hydrogens is 306 g/mol. The lowest BCUT2D eigenvalue weighted by atomic mass is 9.56. The molecule has 1 aliphatic heterocycles. The van der Waals surface area contributed by atoms with Gasteiger partial charge in [-0.05, 0) is 88.6 Å². The summed E-state index contributed by atoms with van der Waals surface area (Å²) < 4.78 is 5.83. The van der Waals surface area contributed by atoms with Gasteiger partial charge in [0.05, 0.1) is 6.10 Å². The zero-order valence-electron chi connectivity index (χ0n) is 17.7. The standard InChI is InChI=1S/C23H45NO/c1-5-7-8-10-20(3)19-24-14-12-23(13-15-24)17-22(18-23)11-9-16-25-21(4)6-2/h20-22H,5-19H2,1-4H3. The van der Waals surface area contributed by atoms with Gasteiger partial charge in [-0.2, -0.15) is 0 Å². The Balaban J connectivity index is 1.53. The molecule has 2 aliphatic rings. The van der Waals surface area contributed by atoms with Crippen LogP contribution in [0.2, 0.25) is 0 Å². The molecule has 1 aliphatic carbocycles. The fraction of sp³-hybridized carbons (Fsp3) is 1.00. The number of hydrogen-bond donors (Lipinski definition) is 0. The predicted molar refractivity (Wildman–Crippen MR) is 109 cm³/mol. The SMILES string of the molecule is CCCCCC(C)CN1CCC2(CC1)CC(CCCOC(C)CC)C2. The van der Waals surface area contributed by atoms with Crippen LogP contribution in [-0.4, -0.2) is 37.2 Å². The molecule has 2 fully saturated rings. The van der Waals surface area contributed by atoms with Crippen LogP contribution in [0.4, 0.5) is 0 Å². The van der Waals surface area contributed by atoms with Crippen LogP contribution in [0, 0.1) is 17.3 Å². The van der Waals surface area contributed by atoms with E-state index in [1.54, 1.807) is 0 Å². The van der Waals surface area contributed by atoms with Crippen molar-refractivity contribution in [1.82, 2.24) is 4.90 Å². The summed E-state index contributed by atoms with van der Waals surface area (Å²) >= 11 is 0. The van der Waals surface area contributed by atoms with Crippen LogP contribution in [0.1, 0.15) is 98.3 Å². The first-order valence-electron chi connectivity index (χ1n) is 11.4. The minimum atomic E-state index is 0.446. The maximum Gasteiger partial charge on any atom is 0.0544 e. The average Bonchev–Trinajstić information content (AvgIpc) is 2.58. The first-order chi connectivity index (χ1) is 12.1. The van der Waals surface area contributed by atoms with E-state index >= 15 is 0 Å². The van der Waals surface area contributed by atoms with E-state index in [0.717, 1.165) is 30.3 Å². The van der Waals surface area contributed by atoms with E-state index < -0.39 is 0 Å². The Labute approximate surface area is 158 Å². The van der Waals surface area contributed by atoms with Gasteiger partial charge in [-0.25, -0.2) is 0 Å². The Hall–Kier alpha value is -0.0800. The molecule has 1 spiro atoms. The van der Waals surface area contributed by atoms with Gasteiger partial charge < -0.3 is 9.64 Å². The van der Waals surface area contributed by atoms with Crippen LogP contribution in [0.15, 0.2) is 0 Å². The summed E-state index contributed by atoms with van der Waals surface area (Å²) in [7, 11) is 0. The quantitative estimate of drug-likeness (QED) is 0.383. The van der Waals surface area contributed by atoms with Crippen molar-refractivity contribution in [3.05, 3.63) is 0 Å². The molecule has 0 aromatic rings. The van der Waals surface area contributed by atoms with Gasteiger partial charge in [0.2, 0.25) is 0 Å². The van der Waals surface area contributed by atoms with Gasteiger partial charge in [0.15, 0.2) is 0 Å². The second-order valence-corrected chi connectivity index (χ2v) is 9.41. The normalized spacial score (nSPS) is 23.5. The molecule has 2 rings (SSSR count). The highest BCUT2D eigenvalue weighted by Crippen LogP contribution is 2.54. The van der Waals surface area contributed by atoms with Crippen LogP contribution in [0.25, 0.3) is 0 Å². The summed E-state index contributed by atoms with van der Waals surface area (Å²) in [5.74, 6) is 1.89. The van der Waals surface area contributed by atoms with E-state index in [-0.39, 0.29) is 0 Å². The Morgan fingerprint density at radius 1 is 1.04 bits per heavy atom. The molecule has 2 atom stereocenters. The maximum absolute atomic E-state index is 5.83. The van der Waals surface area contributed by atoms with Crippen molar-refractivity contribution in [1.29, 1.82) is 0 Å². The highest BCUT2D eigenvalue weighted by molar-refractivity contribution is 4.96. The van der Waals surface area contributed by atoms with Crippen molar-refractivity contribution < 1.29 is 4.74 Å². The van der Waals surface area contributed by atoms with Crippen molar-refractivity contribution in [3.63, 3.8) is 0 Å². The van der Waals surface area contributed by atoms with E-state index in [0.29, 0.717) is 6.10 Å². The zero-order chi connectivity index (χ0) is 18.1. The molecule has 25 heavy (non-hydrogen) atoms. The fourth-order valence-corrected chi connectivity index (χ4v) is 5.04. The minimum Gasteiger partial charge on any atom is -0.379 e. The molecule has 0 aromatic carbocycles. The summed E-state index contributed by atoms with van der Waals surface area (Å²) in [4.78, 5) is 2.76. The Kier molecular flexibility index (Phi) is 9.27. The van der Waals surface area contributed by atoms with Crippen molar-refractivity contribution in [2.24, 2.45) is 17.3 Å². The molecular formula is C23H45NO. The van der Waals surface area contributed by atoms with E-state index in [9.17, 15) is 0 Å². The lowest BCUT2D eigenvalue weighted by Gasteiger charge is -2.53. The van der Waals surface area contributed by atoms with E-state index in [2.05, 4.69) is 32.6 Å². The van der Waals surface area contributed by atoms with Gasteiger partial charge in [0.1, 0.15) is 0 Å². The largest absolute Gasteiger partial charge is 0.379 e. The number of rotatable bonds is 12. The van der Waals surface area contributed by atoms with Crippen molar-refractivity contribution in [3.8, 4) is 0 Å². The van der Waals surface area contributed by atoms with Crippen molar-refractivity contribution in [2.75, 3.05) is 26.2 Å². The number of ether oxygens (including phenoxy) is 1. The van der Waals surface area contributed by atoms with Gasteiger partial charge in [-0.1, -0.05) is 40.0 Å². The van der Waals surface area contributed by atoms with Gasteiger partial charge in [-0.3, -0.25) is 0 Å². The molecule has 148 valence electrons. The Morgan fingerprint density at radius 3 is 2.40 bits per heavy atom. The minimum absolute atomic E-state index is 0.446. The summed E-state index contributed by atoms with van der Waals surface area (Å²) in [6.45, 7) is 14.2. The summed E-state index contributed by atoms with van der Waals surface area (Å²) in [5.41, 5.74) is 0.740. The topological polar surface area (TPSA) is 12.5 Å². The molecule has 1 heterocycles. The van der Waals surface area contributed by atoms with Crippen LogP contribution < -0.4 is 0 Å². The monoisotopic (exact) mass is 351 g/mol. The van der Waals surface area contributed by atoms with E-state index in [1.807, 2.05) is 0 Å². The summed E-state index contributed by atoms with van der Waals surface area (Å²) in [6.07, 6.45) is 15.8. The van der Waals surface area contributed by atoms with Gasteiger partial charge in [0.25, 0.3) is 0 Å². The Bertz CT molecular complexity index is 340. The number of hydrogen-bond acceptors (Lipinski definition) is 2. The highest BCUT2D eigenvalue weighted by Gasteiger charge is 2.45. The van der Waals surface area contributed by atoms with E-state index in [4.69, 9.17) is 4.74 Å². The molecule has 0 aromatic heterocycles. The van der Waals surface area contributed by atoms with Crippen molar-refractivity contribution >= 4 is 0 Å². The van der Waals surface area contributed by atoms with Gasteiger partial charge in [0, 0.05) is 13.2 Å². The molecule has 0 amide bonds. The number of unbranched alkanes of at least 4 members (excludes halogenated alkanes) is 2. The van der Waals surface area contributed by atoms with E-state index in [1.165, 1.54) is 83.8 Å². The Morgan fingerprint density at radius 2 is 1.76 bits per heavy atom. The van der Waals surface area contributed by atoms with Gasteiger partial charge >= 0.3 is 0 Å². The summed E-state index contributed by atoms with van der Waals surface area (Å²) in [5, 5.41) is 0. The molecule has 1 saturated carbocycles. The second-order valence-electron chi connectivity index (χ2n) is 9.41. The highest BCUT2D eigenvalue weighted by atomic mass is 16.5. The third-order valence-corrected chi connectivity index (χ3v) is 6.96. The smallest absolute Gasteiger partial charge is 0.0544 e. The average molecular weight is 352 g/mol. The predicted octanol–water partition coefficient (Wildman–Crippen LogP) is 6.29. The van der Waals surface area contributed by atoms with Crippen molar-refractivity contribution in [2.45, 2.75) is 104 Å². The van der Waals surface area contributed by atoms with Crippen LogP contribution in [0.3, 0.4) is 0 Å². The van der Waals surface area contributed by atoms with Crippen LogP contribution in [0.5, 0.6) is 0 Å². The molecule has 2 unspecified atom stereocenters. The number of nitrogens with zero attached hydrogens (tertiary/aromatic N) is 1.